The minimum Gasteiger partial charge on any atom is -0.497 e. The molecule has 2 saturated heterocycles. The van der Waals surface area contributed by atoms with E-state index in [9.17, 15) is 14.7 Å². The molecule has 2 fully saturated rings. The maximum absolute atomic E-state index is 13.3. The minimum absolute atomic E-state index is 0.0184. The smallest absolute Gasteiger partial charge is 0.333 e. The lowest BCUT2D eigenvalue weighted by atomic mass is 9.77. The molecule has 0 bridgehead atoms. The first-order valence-corrected chi connectivity index (χ1v) is 11.9. The van der Waals surface area contributed by atoms with Crippen LogP contribution >= 0.6 is 11.8 Å². The van der Waals surface area contributed by atoms with Crippen LogP contribution in [0.25, 0.3) is 0 Å². The van der Waals surface area contributed by atoms with E-state index in [1.165, 1.54) is 11.8 Å². The highest BCUT2D eigenvalue weighted by molar-refractivity contribution is 8.02. The van der Waals surface area contributed by atoms with Gasteiger partial charge in [0.25, 0.3) is 0 Å². The van der Waals surface area contributed by atoms with Gasteiger partial charge in [-0.25, -0.2) is 4.79 Å². The summed E-state index contributed by atoms with van der Waals surface area (Å²) in [5, 5.41) is 12.2. The van der Waals surface area contributed by atoms with Gasteiger partial charge in [0.05, 0.1) is 25.2 Å². The number of aromatic nitrogens is 1. The predicted octanol–water partition coefficient (Wildman–Crippen LogP) is 3.43. The molecule has 2 aromatic rings. The molecule has 5 atom stereocenters. The quantitative estimate of drug-likeness (QED) is 0.361. The molecule has 0 saturated carbocycles. The Morgan fingerprint density at radius 1 is 1.24 bits per heavy atom. The monoisotopic (exact) mass is 468 g/mol. The zero-order valence-electron chi connectivity index (χ0n) is 18.9. The van der Waals surface area contributed by atoms with Crippen LogP contribution in [-0.2, 0) is 20.9 Å². The third kappa shape index (κ3) is 4.50. The maximum Gasteiger partial charge on any atom is 0.333 e. The molecule has 1 N–H and O–H groups in total. The van der Waals surface area contributed by atoms with Crippen molar-refractivity contribution < 1.29 is 24.2 Å². The summed E-state index contributed by atoms with van der Waals surface area (Å²) in [6.45, 7) is 3.78. The molecule has 0 aliphatic carbocycles. The average molecular weight is 469 g/mol. The third-order valence-electron chi connectivity index (χ3n) is 6.37. The molecule has 2 aliphatic rings. The fourth-order valence-electron chi connectivity index (χ4n) is 4.74. The van der Waals surface area contributed by atoms with Crippen LogP contribution < -0.4 is 4.74 Å². The second-order valence-electron chi connectivity index (χ2n) is 8.29. The number of aliphatic hydroxyl groups excluding tert-OH is 1. The van der Waals surface area contributed by atoms with Gasteiger partial charge in [-0.1, -0.05) is 30.8 Å². The Balaban J connectivity index is 1.58. The van der Waals surface area contributed by atoms with E-state index in [0.717, 1.165) is 28.2 Å². The molecule has 3 unspecified atom stereocenters. The molecule has 1 amide bonds. The number of fused-ring (bicyclic) bond motifs is 1. The molecule has 174 valence electrons. The Hall–Kier alpha value is -2.84. The molecular weight excluding hydrogens is 440 g/mol. The van der Waals surface area contributed by atoms with E-state index in [1.54, 1.807) is 31.3 Å². The van der Waals surface area contributed by atoms with E-state index < -0.39 is 24.0 Å². The fraction of sp³-hybridized carbons (Fsp3) is 0.400. The summed E-state index contributed by atoms with van der Waals surface area (Å²) < 4.78 is 10.8. The van der Waals surface area contributed by atoms with Gasteiger partial charge in [0.1, 0.15) is 12.4 Å². The summed E-state index contributed by atoms with van der Waals surface area (Å²) in [6, 6.07) is 10.1. The number of benzene rings is 1. The fourth-order valence-corrected chi connectivity index (χ4v) is 5.59. The number of amides is 1. The highest BCUT2D eigenvalue weighted by atomic mass is 32.2. The summed E-state index contributed by atoms with van der Waals surface area (Å²) in [5.41, 5.74) is 1.69. The minimum atomic E-state index is -0.782. The number of methoxy groups -OCH3 is 1. The first-order valence-electron chi connectivity index (χ1n) is 11.0. The average Bonchev–Trinajstić information content (AvgIpc) is 3.11. The molecule has 2 aliphatic heterocycles. The number of nitrogens with zero attached hydrogens (tertiary/aromatic N) is 2. The van der Waals surface area contributed by atoms with E-state index in [1.807, 2.05) is 48.7 Å². The largest absolute Gasteiger partial charge is 0.497 e. The van der Waals surface area contributed by atoms with Crippen molar-refractivity contribution in [2.45, 2.75) is 50.0 Å². The molecule has 3 heterocycles. The standard InChI is InChI=1S/C25H28N2O5S/c1-4-19-20(14-33-18-9-11-26-12-10-18)23(27-22(19)21(15(2)28)24(27)29)25(30)32-13-16-5-7-17(31-3)8-6-16/h5-12,14-15,19,21-23,28H,4,13H2,1-3H3/t15?,19?,21-,22+,23?/m1/s1. The highest BCUT2D eigenvalue weighted by Gasteiger charge is 2.63. The number of ether oxygens (including phenoxy) is 2. The second kappa shape index (κ2) is 9.97. The number of hydrogen-bond acceptors (Lipinski definition) is 7. The van der Waals surface area contributed by atoms with Gasteiger partial charge in [-0.15, -0.1) is 0 Å². The van der Waals surface area contributed by atoms with E-state index in [-0.39, 0.29) is 24.5 Å². The van der Waals surface area contributed by atoms with Crippen LogP contribution in [0.4, 0.5) is 0 Å². The number of carbonyl (C=O) groups excluding carboxylic acids is 2. The Kier molecular flexibility index (Phi) is 7.05. The van der Waals surface area contributed by atoms with Crippen molar-refractivity contribution in [2.75, 3.05) is 7.11 Å². The van der Waals surface area contributed by atoms with Crippen LogP contribution in [0.3, 0.4) is 0 Å². The van der Waals surface area contributed by atoms with Gasteiger partial charge in [0.15, 0.2) is 6.04 Å². The van der Waals surface area contributed by atoms with Crippen molar-refractivity contribution in [3.63, 3.8) is 0 Å². The van der Waals surface area contributed by atoms with Gasteiger partial charge in [-0.05, 0) is 54.2 Å². The Morgan fingerprint density at radius 2 is 1.94 bits per heavy atom. The Morgan fingerprint density at radius 3 is 2.55 bits per heavy atom. The number of aliphatic hydroxyl groups is 1. The zero-order chi connectivity index (χ0) is 23.5. The number of esters is 1. The number of thioether (sulfide) groups is 1. The maximum atomic E-state index is 13.3. The zero-order valence-corrected chi connectivity index (χ0v) is 19.7. The van der Waals surface area contributed by atoms with Gasteiger partial charge in [-0.3, -0.25) is 9.78 Å². The van der Waals surface area contributed by atoms with Crippen LogP contribution in [-0.4, -0.2) is 52.2 Å². The Labute approximate surface area is 197 Å². The lowest BCUT2D eigenvalue weighted by molar-refractivity contribution is -0.173. The van der Waals surface area contributed by atoms with E-state index in [4.69, 9.17) is 9.47 Å². The molecule has 4 rings (SSSR count). The van der Waals surface area contributed by atoms with Gasteiger partial charge < -0.3 is 19.5 Å². The van der Waals surface area contributed by atoms with Crippen LogP contribution in [0, 0.1) is 11.8 Å². The first kappa shape index (κ1) is 23.3. The molecule has 1 aromatic carbocycles. The number of β-lactam (4-membered cyclic amide) rings is 1. The van der Waals surface area contributed by atoms with Crippen molar-refractivity contribution >= 4 is 23.6 Å². The third-order valence-corrected chi connectivity index (χ3v) is 7.30. The lowest BCUT2D eigenvalue weighted by Gasteiger charge is -2.47. The van der Waals surface area contributed by atoms with Crippen LogP contribution in [0.5, 0.6) is 5.75 Å². The topological polar surface area (TPSA) is 89.0 Å². The van der Waals surface area contributed by atoms with Crippen molar-refractivity contribution in [1.29, 1.82) is 0 Å². The summed E-state index contributed by atoms with van der Waals surface area (Å²) in [7, 11) is 1.60. The number of pyridine rings is 1. The van der Waals surface area contributed by atoms with E-state index in [0.29, 0.717) is 0 Å². The van der Waals surface area contributed by atoms with Crippen LogP contribution in [0.15, 0.2) is 64.7 Å². The first-order chi connectivity index (χ1) is 16.0. The molecule has 8 heteroatoms. The SMILES string of the molecule is CCC1C(=CSc2ccncc2)C(C(=O)OCc2ccc(OC)cc2)N2C(=O)[C@H](C(C)O)[C@H]12. The van der Waals surface area contributed by atoms with E-state index in [2.05, 4.69) is 4.98 Å². The van der Waals surface area contributed by atoms with Gasteiger partial charge >= 0.3 is 5.97 Å². The van der Waals surface area contributed by atoms with Crippen LogP contribution in [0.1, 0.15) is 25.8 Å². The summed E-state index contributed by atoms with van der Waals surface area (Å²) in [6.07, 6.45) is 3.42. The number of carbonyl (C=O) groups is 2. The van der Waals surface area contributed by atoms with Gasteiger partial charge in [0, 0.05) is 23.2 Å². The molecule has 7 nitrogen and oxygen atoms in total. The Bertz CT molecular complexity index is 1020. The molecule has 1 aromatic heterocycles. The van der Waals surface area contributed by atoms with Gasteiger partial charge in [-0.2, -0.15) is 0 Å². The molecule has 33 heavy (non-hydrogen) atoms. The van der Waals surface area contributed by atoms with Crippen molar-refractivity contribution in [3.05, 3.63) is 65.3 Å². The second-order valence-corrected chi connectivity index (χ2v) is 9.24. The van der Waals surface area contributed by atoms with E-state index >= 15 is 0 Å². The van der Waals surface area contributed by atoms with Crippen LogP contribution in [0.2, 0.25) is 0 Å². The highest BCUT2D eigenvalue weighted by Crippen LogP contribution is 2.50. The molecular formula is C25H28N2O5S. The summed E-state index contributed by atoms with van der Waals surface area (Å²) in [5.74, 6) is -0.440. The predicted molar refractivity (Wildman–Crippen MR) is 124 cm³/mol. The lowest BCUT2D eigenvalue weighted by Crippen LogP contribution is -2.65. The normalized spacial score (nSPS) is 26.0. The van der Waals surface area contributed by atoms with Crippen molar-refractivity contribution in [3.8, 4) is 5.75 Å². The van der Waals surface area contributed by atoms with Gasteiger partial charge in [0.2, 0.25) is 5.91 Å². The summed E-state index contributed by atoms with van der Waals surface area (Å²) >= 11 is 1.50. The molecule has 0 radical (unpaired) electrons. The number of hydrogen-bond donors (Lipinski definition) is 1. The number of rotatable bonds is 8. The van der Waals surface area contributed by atoms with Crippen molar-refractivity contribution in [2.24, 2.45) is 11.8 Å². The van der Waals surface area contributed by atoms with Crippen molar-refractivity contribution in [1.82, 2.24) is 9.88 Å². The molecule has 0 spiro atoms. The summed E-state index contributed by atoms with van der Waals surface area (Å²) in [4.78, 5) is 32.8.